The van der Waals surface area contributed by atoms with E-state index >= 15 is 0 Å². The van der Waals surface area contributed by atoms with E-state index in [-0.39, 0.29) is 11.8 Å². The molecule has 1 aromatic heterocycles. The van der Waals surface area contributed by atoms with Crippen molar-refractivity contribution in [3.8, 4) is 0 Å². The zero-order valence-electron chi connectivity index (χ0n) is 13.4. The van der Waals surface area contributed by atoms with Crippen LogP contribution in [0.25, 0.3) is 0 Å². The summed E-state index contributed by atoms with van der Waals surface area (Å²) in [5.41, 5.74) is 1.46. The lowest BCUT2D eigenvalue weighted by atomic mass is 9.78. The molecule has 1 aromatic rings. The Hall–Kier alpha value is -1.32. The van der Waals surface area contributed by atoms with Gasteiger partial charge in [-0.15, -0.1) is 0 Å². The minimum absolute atomic E-state index is 0.147. The lowest BCUT2D eigenvalue weighted by molar-refractivity contribution is 0.0387. The molecule has 0 radical (unpaired) electrons. The number of hydrogen-bond donors (Lipinski definition) is 0. The topological polar surface area (TPSA) is 46.3 Å². The largest absolute Gasteiger partial charge is 0.360 e. The van der Waals surface area contributed by atoms with Crippen LogP contribution >= 0.6 is 0 Å². The standard InChI is InChI=1S/C17H26N2O2/c1-11(2)16-15(12(3)18-21-16)17(20)19-10-6-8-13-7-4-5-9-14(13)19/h11,13-14H,4-10H2,1-3H3. The van der Waals surface area contributed by atoms with Gasteiger partial charge in [0.25, 0.3) is 5.91 Å². The molecule has 0 spiro atoms. The van der Waals surface area contributed by atoms with E-state index in [0.29, 0.717) is 12.0 Å². The van der Waals surface area contributed by atoms with Gasteiger partial charge in [-0.05, 0) is 38.5 Å². The Balaban J connectivity index is 1.89. The molecule has 1 aliphatic carbocycles. The first kappa shape index (κ1) is 14.6. The first-order chi connectivity index (χ1) is 10.1. The van der Waals surface area contributed by atoms with Crippen LogP contribution in [-0.2, 0) is 0 Å². The maximum absolute atomic E-state index is 13.1. The molecule has 116 valence electrons. The number of likely N-dealkylation sites (tertiary alicyclic amines) is 1. The number of rotatable bonds is 2. The van der Waals surface area contributed by atoms with Crippen LogP contribution in [0.2, 0.25) is 0 Å². The number of nitrogens with zero attached hydrogens (tertiary/aromatic N) is 2. The van der Waals surface area contributed by atoms with Crippen molar-refractivity contribution in [1.82, 2.24) is 10.1 Å². The highest BCUT2D eigenvalue weighted by atomic mass is 16.5. The molecule has 4 heteroatoms. The monoisotopic (exact) mass is 290 g/mol. The summed E-state index contributed by atoms with van der Waals surface area (Å²) in [6.07, 6.45) is 7.45. The van der Waals surface area contributed by atoms with Crippen molar-refractivity contribution in [2.45, 2.75) is 71.3 Å². The Labute approximate surface area is 126 Å². The summed E-state index contributed by atoms with van der Waals surface area (Å²) in [4.78, 5) is 15.2. The van der Waals surface area contributed by atoms with Crippen molar-refractivity contribution in [2.75, 3.05) is 6.54 Å². The molecule has 3 rings (SSSR count). The van der Waals surface area contributed by atoms with E-state index in [0.717, 1.165) is 36.4 Å². The molecule has 21 heavy (non-hydrogen) atoms. The molecule has 2 atom stereocenters. The predicted octanol–water partition coefficient (Wildman–Crippen LogP) is 3.90. The Morgan fingerprint density at radius 3 is 2.71 bits per heavy atom. The third-order valence-electron chi connectivity index (χ3n) is 5.13. The summed E-state index contributed by atoms with van der Waals surface area (Å²) < 4.78 is 5.41. The predicted molar refractivity (Wildman–Crippen MR) is 81.3 cm³/mol. The maximum atomic E-state index is 13.1. The molecule has 2 fully saturated rings. The van der Waals surface area contributed by atoms with Crippen molar-refractivity contribution in [3.63, 3.8) is 0 Å². The van der Waals surface area contributed by atoms with Gasteiger partial charge < -0.3 is 9.42 Å². The molecule has 2 heterocycles. The van der Waals surface area contributed by atoms with Gasteiger partial charge in [0.2, 0.25) is 0 Å². The molecule has 0 N–H and O–H groups in total. The van der Waals surface area contributed by atoms with Crippen LogP contribution in [0.1, 0.15) is 80.1 Å². The average molecular weight is 290 g/mol. The maximum Gasteiger partial charge on any atom is 0.259 e. The first-order valence-electron chi connectivity index (χ1n) is 8.36. The zero-order valence-corrected chi connectivity index (χ0v) is 13.4. The Bertz CT molecular complexity index is 519. The highest BCUT2D eigenvalue weighted by Crippen LogP contribution is 2.37. The Kier molecular flexibility index (Phi) is 4.05. The molecular formula is C17H26N2O2. The number of carbonyl (C=O) groups excluding carboxylic acids is 1. The van der Waals surface area contributed by atoms with Crippen molar-refractivity contribution in [3.05, 3.63) is 17.0 Å². The molecule has 1 aliphatic heterocycles. The highest BCUT2D eigenvalue weighted by Gasteiger charge is 2.38. The van der Waals surface area contributed by atoms with Crippen LogP contribution in [0.4, 0.5) is 0 Å². The van der Waals surface area contributed by atoms with Crippen LogP contribution in [0, 0.1) is 12.8 Å². The molecule has 1 saturated carbocycles. The number of amides is 1. The fraction of sp³-hybridized carbons (Fsp3) is 0.765. The van der Waals surface area contributed by atoms with Crippen LogP contribution in [-0.4, -0.2) is 28.6 Å². The van der Waals surface area contributed by atoms with E-state index in [4.69, 9.17) is 4.52 Å². The second-order valence-corrected chi connectivity index (χ2v) is 6.91. The normalized spacial score (nSPS) is 26.0. The van der Waals surface area contributed by atoms with Crippen molar-refractivity contribution in [1.29, 1.82) is 0 Å². The summed E-state index contributed by atoms with van der Waals surface area (Å²) in [6, 6.07) is 0.439. The van der Waals surface area contributed by atoms with Gasteiger partial charge in [-0.1, -0.05) is 31.8 Å². The number of aromatic nitrogens is 1. The van der Waals surface area contributed by atoms with Gasteiger partial charge >= 0.3 is 0 Å². The number of fused-ring (bicyclic) bond motifs is 1. The van der Waals surface area contributed by atoms with E-state index in [9.17, 15) is 4.79 Å². The number of piperidine rings is 1. The SMILES string of the molecule is Cc1noc(C(C)C)c1C(=O)N1CCCC2CCCCC21. The second kappa shape index (κ2) is 5.82. The van der Waals surface area contributed by atoms with E-state index in [2.05, 4.69) is 23.9 Å². The van der Waals surface area contributed by atoms with Gasteiger partial charge in [0.1, 0.15) is 5.56 Å². The minimum atomic E-state index is 0.147. The highest BCUT2D eigenvalue weighted by molar-refractivity contribution is 5.96. The third-order valence-corrected chi connectivity index (χ3v) is 5.13. The lowest BCUT2D eigenvalue weighted by Crippen LogP contribution is -2.49. The summed E-state index contributed by atoms with van der Waals surface area (Å²) in [7, 11) is 0. The molecule has 2 unspecified atom stereocenters. The van der Waals surface area contributed by atoms with Crippen molar-refractivity contribution < 1.29 is 9.32 Å². The number of carbonyl (C=O) groups is 1. The first-order valence-corrected chi connectivity index (χ1v) is 8.36. The molecule has 1 saturated heterocycles. The van der Waals surface area contributed by atoms with Gasteiger partial charge in [-0.3, -0.25) is 4.79 Å². The molecule has 0 bridgehead atoms. The Morgan fingerprint density at radius 2 is 1.95 bits per heavy atom. The van der Waals surface area contributed by atoms with E-state index < -0.39 is 0 Å². The van der Waals surface area contributed by atoms with E-state index in [1.54, 1.807) is 0 Å². The van der Waals surface area contributed by atoms with Gasteiger partial charge in [-0.25, -0.2) is 0 Å². The summed E-state index contributed by atoms with van der Waals surface area (Å²) >= 11 is 0. The molecule has 2 aliphatic rings. The fourth-order valence-electron chi connectivity index (χ4n) is 4.06. The van der Waals surface area contributed by atoms with E-state index in [1.165, 1.54) is 25.7 Å². The molecule has 1 amide bonds. The van der Waals surface area contributed by atoms with Crippen LogP contribution in [0.5, 0.6) is 0 Å². The van der Waals surface area contributed by atoms with Gasteiger partial charge in [0, 0.05) is 18.5 Å². The molecular weight excluding hydrogens is 264 g/mol. The Morgan fingerprint density at radius 1 is 1.24 bits per heavy atom. The molecule has 4 nitrogen and oxygen atoms in total. The summed E-state index contributed by atoms with van der Waals surface area (Å²) in [6.45, 7) is 6.87. The zero-order chi connectivity index (χ0) is 15.0. The van der Waals surface area contributed by atoms with Crippen LogP contribution in [0.15, 0.2) is 4.52 Å². The number of aryl methyl sites for hydroxylation is 1. The third kappa shape index (κ3) is 2.60. The minimum Gasteiger partial charge on any atom is -0.360 e. The lowest BCUT2D eigenvalue weighted by Gasteiger charge is -2.44. The average Bonchev–Trinajstić information content (AvgIpc) is 2.88. The van der Waals surface area contributed by atoms with Gasteiger partial charge in [0.15, 0.2) is 5.76 Å². The van der Waals surface area contributed by atoms with E-state index in [1.807, 2.05) is 6.92 Å². The van der Waals surface area contributed by atoms with Crippen molar-refractivity contribution in [2.24, 2.45) is 5.92 Å². The second-order valence-electron chi connectivity index (χ2n) is 6.91. The number of hydrogen-bond acceptors (Lipinski definition) is 3. The summed E-state index contributed by atoms with van der Waals surface area (Å²) in [5, 5.41) is 4.04. The smallest absolute Gasteiger partial charge is 0.259 e. The van der Waals surface area contributed by atoms with Gasteiger partial charge in [0.05, 0.1) is 5.69 Å². The van der Waals surface area contributed by atoms with Crippen LogP contribution in [0.3, 0.4) is 0 Å². The summed E-state index contributed by atoms with van der Waals surface area (Å²) in [5.74, 6) is 1.79. The fourth-order valence-corrected chi connectivity index (χ4v) is 4.06. The van der Waals surface area contributed by atoms with Crippen LogP contribution < -0.4 is 0 Å². The quantitative estimate of drug-likeness (QED) is 0.830. The van der Waals surface area contributed by atoms with Crippen molar-refractivity contribution >= 4 is 5.91 Å². The molecule has 0 aromatic carbocycles. The van der Waals surface area contributed by atoms with Gasteiger partial charge in [-0.2, -0.15) is 0 Å².